The fourth-order valence-corrected chi connectivity index (χ4v) is 4.32. The quantitative estimate of drug-likeness (QED) is 0.317. The summed E-state index contributed by atoms with van der Waals surface area (Å²) in [5.74, 6) is -0.505. The number of anilines is 1. The van der Waals surface area contributed by atoms with Crippen LogP contribution in [0.3, 0.4) is 0 Å². The molecule has 0 saturated carbocycles. The van der Waals surface area contributed by atoms with Gasteiger partial charge in [-0.15, -0.1) is 0 Å². The predicted molar refractivity (Wildman–Crippen MR) is 139 cm³/mol. The summed E-state index contributed by atoms with van der Waals surface area (Å²) in [5.41, 5.74) is 2.72. The fourth-order valence-electron chi connectivity index (χ4n) is 3.84. The number of fused-ring (bicyclic) bond motifs is 1. The minimum Gasteiger partial charge on any atom is -0.339 e. The fraction of sp³-hybridized carbons (Fsp3) is 0.148. The van der Waals surface area contributed by atoms with Crippen molar-refractivity contribution in [1.82, 2.24) is 9.88 Å². The smallest absolute Gasteiger partial charge is 0.257 e. The summed E-state index contributed by atoms with van der Waals surface area (Å²) >= 11 is 12.9. The molecule has 1 aromatic heterocycles. The standard InChI is InChI=1S/C27H23Cl2N3O2/c1-3-32(4-2)27(34)18-9-11-21(24(29)15-18)26(33)31-19-10-12-23(28)22(16-19)25-20-8-6-5-7-17(20)13-14-30-25/h5-16H,3-4H2,1-2H3,(H,31,33). The molecule has 0 aliphatic heterocycles. The third-order valence-corrected chi connectivity index (χ3v) is 6.31. The maximum atomic E-state index is 13.0. The predicted octanol–water partition coefficient (Wildman–Crippen LogP) is 6.94. The molecule has 0 unspecified atom stereocenters. The summed E-state index contributed by atoms with van der Waals surface area (Å²) in [6.45, 7) is 5.03. The first kappa shape index (κ1) is 23.7. The molecule has 1 heterocycles. The van der Waals surface area contributed by atoms with Gasteiger partial charge in [0.05, 0.1) is 21.3 Å². The normalized spacial score (nSPS) is 10.8. The van der Waals surface area contributed by atoms with Gasteiger partial charge in [0, 0.05) is 41.5 Å². The Hall–Kier alpha value is -3.41. The Kier molecular flexibility index (Phi) is 7.15. The summed E-state index contributed by atoms with van der Waals surface area (Å²) in [7, 11) is 0. The highest BCUT2D eigenvalue weighted by atomic mass is 35.5. The first-order chi connectivity index (χ1) is 16.4. The van der Waals surface area contributed by atoms with E-state index in [1.54, 1.807) is 41.4 Å². The lowest BCUT2D eigenvalue weighted by molar-refractivity contribution is 0.0772. The number of hydrogen-bond donors (Lipinski definition) is 1. The average Bonchev–Trinajstić information content (AvgIpc) is 2.85. The first-order valence-electron chi connectivity index (χ1n) is 11.0. The number of nitrogens with one attached hydrogen (secondary N) is 1. The molecule has 0 aliphatic rings. The van der Waals surface area contributed by atoms with E-state index < -0.39 is 0 Å². The molecule has 7 heteroatoms. The molecule has 1 N–H and O–H groups in total. The highest BCUT2D eigenvalue weighted by Gasteiger charge is 2.18. The Morgan fingerprint density at radius 2 is 1.68 bits per heavy atom. The third kappa shape index (κ3) is 4.76. The van der Waals surface area contributed by atoms with E-state index in [0.29, 0.717) is 34.9 Å². The molecule has 2 amide bonds. The Morgan fingerprint density at radius 1 is 0.912 bits per heavy atom. The number of benzene rings is 3. The second kappa shape index (κ2) is 10.2. The third-order valence-electron chi connectivity index (χ3n) is 5.66. The molecule has 0 fully saturated rings. The van der Waals surface area contributed by atoms with Gasteiger partial charge >= 0.3 is 0 Å². The van der Waals surface area contributed by atoms with Gasteiger partial charge < -0.3 is 10.2 Å². The number of rotatable bonds is 6. The monoisotopic (exact) mass is 491 g/mol. The van der Waals surface area contributed by atoms with Crippen molar-refractivity contribution in [2.24, 2.45) is 0 Å². The zero-order chi connectivity index (χ0) is 24.2. The van der Waals surface area contributed by atoms with Gasteiger partial charge in [0.2, 0.25) is 0 Å². The molecule has 3 aromatic carbocycles. The summed E-state index contributed by atoms with van der Waals surface area (Å²) in [4.78, 5) is 31.8. The minimum absolute atomic E-state index is 0.121. The molecule has 0 saturated heterocycles. The van der Waals surface area contributed by atoms with E-state index in [1.165, 1.54) is 6.07 Å². The lowest BCUT2D eigenvalue weighted by Gasteiger charge is -2.19. The maximum Gasteiger partial charge on any atom is 0.257 e. The summed E-state index contributed by atoms with van der Waals surface area (Å²) in [6, 6.07) is 19.8. The summed E-state index contributed by atoms with van der Waals surface area (Å²) in [6.07, 6.45) is 1.74. The van der Waals surface area contributed by atoms with Gasteiger partial charge in [-0.3, -0.25) is 14.6 Å². The zero-order valence-electron chi connectivity index (χ0n) is 18.8. The molecule has 5 nitrogen and oxygen atoms in total. The topological polar surface area (TPSA) is 62.3 Å². The van der Waals surface area contributed by atoms with Crippen LogP contribution < -0.4 is 5.32 Å². The van der Waals surface area contributed by atoms with Crippen LogP contribution in [0.15, 0.2) is 72.9 Å². The largest absolute Gasteiger partial charge is 0.339 e. The van der Waals surface area contributed by atoms with Gasteiger partial charge in [-0.05, 0) is 61.7 Å². The highest BCUT2D eigenvalue weighted by molar-refractivity contribution is 6.35. The first-order valence-corrected chi connectivity index (χ1v) is 11.7. The van der Waals surface area contributed by atoms with Gasteiger partial charge in [0.25, 0.3) is 11.8 Å². The van der Waals surface area contributed by atoms with E-state index >= 15 is 0 Å². The van der Waals surface area contributed by atoms with Crippen molar-refractivity contribution in [3.63, 3.8) is 0 Å². The highest BCUT2D eigenvalue weighted by Crippen LogP contribution is 2.34. The number of amides is 2. The van der Waals surface area contributed by atoms with Gasteiger partial charge in [0.1, 0.15) is 0 Å². The molecular formula is C27H23Cl2N3O2. The van der Waals surface area contributed by atoms with Crippen molar-refractivity contribution in [2.45, 2.75) is 13.8 Å². The molecular weight excluding hydrogens is 469 g/mol. The second-order valence-corrected chi connectivity index (χ2v) is 8.52. The number of pyridine rings is 1. The molecule has 4 rings (SSSR count). The van der Waals surface area contributed by atoms with Gasteiger partial charge in [-0.2, -0.15) is 0 Å². The van der Waals surface area contributed by atoms with Crippen LogP contribution in [0.2, 0.25) is 10.0 Å². The van der Waals surface area contributed by atoms with E-state index in [0.717, 1.165) is 16.5 Å². The van der Waals surface area contributed by atoms with Gasteiger partial charge in [-0.1, -0.05) is 47.5 Å². The maximum absolute atomic E-state index is 13.0. The van der Waals surface area contributed by atoms with E-state index in [4.69, 9.17) is 23.2 Å². The van der Waals surface area contributed by atoms with Crippen molar-refractivity contribution >= 4 is 51.5 Å². The number of aromatic nitrogens is 1. The molecule has 0 aliphatic carbocycles. The average molecular weight is 492 g/mol. The van der Waals surface area contributed by atoms with Crippen LogP contribution in [0.5, 0.6) is 0 Å². The van der Waals surface area contributed by atoms with Crippen LogP contribution in [0.4, 0.5) is 5.69 Å². The van der Waals surface area contributed by atoms with Crippen LogP contribution in [0, 0.1) is 0 Å². The van der Waals surface area contributed by atoms with Crippen LogP contribution >= 0.6 is 23.2 Å². The van der Waals surface area contributed by atoms with E-state index in [-0.39, 0.29) is 22.4 Å². The van der Waals surface area contributed by atoms with E-state index in [2.05, 4.69) is 10.3 Å². The SMILES string of the molecule is CCN(CC)C(=O)c1ccc(C(=O)Nc2ccc(Cl)c(-c3nccc4ccccc34)c2)c(Cl)c1. The molecule has 0 spiro atoms. The number of carbonyl (C=O) groups is 2. The Labute approximate surface area is 208 Å². The van der Waals surface area contributed by atoms with Gasteiger partial charge in [-0.25, -0.2) is 0 Å². The van der Waals surface area contributed by atoms with Crippen molar-refractivity contribution in [3.8, 4) is 11.3 Å². The van der Waals surface area contributed by atoms with Crippen molar-refractivity contribution < 1.29 is 9.59 Å². The molecule has 0 bridgehead atoms. The Morgan fingerprint density at radius 3 is 2.41 bits per heavy atom. The Bertz CT molecular complexity index is 1380. The zero-order valence-corrected chi connectivity index (χ0v) is 20.3. The van der Waals surface area contributed by atoms with Crippen molar-refractivity contribution in [1.29, 1.82) is 0 Å². The number of halogens is 2. The Balaban J connectivity index is 1.62. The molecule has 34 heavy (non-hydrogen) atoms. The lowest BCUT2D eigenvalue weighted by Crippen LogP contribution is -2.30. The second-order valence-electron chi connectivity index (χ2n) is 7.70. The van der Waals surface area contributed by atoms with Crippen LogP contribution in [0.1, 0.15) is 34.6 Å². The van der Waals surface area contributed by atoms with Crippen molar-refractivity contribution in [2.75, 3.05) is 18.4 Å². The number of carbonyl (C=O) groups excluding carboxylic acids is 2. The number of nitrogens with zero attached hydrogens (tertiary/aromatic N) is 2. The molecule has 172 valence electrons. The molecule has 0 atom stereocenters. The molecule has 4 aromatic rings. The summed E-state index contributed by atoms with van der Waals surface area (Å²) in [5, 5.41) is 5.62. The lowest BCUT2D eigenvalue weighted by atomic mass is 10.0. The van der Waals surface area contributed by atoms with Gasteiger partial charge in [0.15, 0.2) is 0 Å². The van der Waals surface area contributed by atoms with E-state index in [1.807, 2.05) is 44.2 Å². The van der Waals surface area contributed by atoms with E-state index in [9.17, 15) is 9.59 Å². The minimum atomic E-state index is -0.383. The van der Waals surface area contributed by atoms with Crippen LogP contribution in [-0.2, 0) is 0 Å². The molecule has 0 radical (unpaired) electrons. The van der Waals surface area contributed by atoms with Crippen molar-refractivity contribution in [3.05, 3.63) is 94.1 Å². The number of hydrogen-bond acceptors (Lipinski definition) is 3. The summed E-state index contributed by atoms with van der Waals surface area (Å²) < 4.78 is 0. The van der Waals surface area contributed by atoms with Crippen LogP contribution in [-0.4, -0.2) is 34.8 Å². The van der Waals surface area contributed by atoms with Crippen LogP contribution in [0.25, 0.3) is 22.0 Å².